The highest BCUT2D eigenvalue weighted by molar-refractivity contribution is 5.84. The van der Waals surface area contributed by atoms with Crippen LogP contribution >= 0.6 is 0 Å². The first-order chi connectivity index (χ1) is 10.0. The van der Waals surface area contributed by atoms with Gasteiger partial charge in [0, 0.05) is 11.8 Å². The Morgan fingerprint density at radius 2 is 1.90 bits per heavy atom. The number of benzene rings is 1. The maximum absolute atomic E-state index is 12.8. The molecule has 106 valence electrons. The molecule has 7 heteroatoms. The number of carbonyl (C=O) groups is 1. The maximum atomic E-state index is 12.8. The molecule has 0 fully saturated rings. The Bertz CT molecular complexity index is 824. The van der Waals surface area contributed by atoms with Gasteiger partial charge in [0.05, 0.1) is 11.1 Å². The fourth-order valence-electron chi connectivity index (χ4n) is 2.06. The minimum absolute atomic E-state index is 0.250. The van der Waals surface area contributed by atoms with Crippen molar-refractivity contribution >= 4 is 11.9 Å². The number of rotatable bonds is 2. The first-order valence-electron chi connectivity index (χ1n) is 5.97. The molecule has 4 nitrogen and oxygen atoms in total. The molecule has 2 heterocycles. The van der Waals surface area contributed by atoms with E-state index in [9.17, 15) is 18.0 Å². The second kappa shape index (κ2) is 4.69. The van der Waals surface area contributed by atoms with Crippen molar-refractivity contribution in [2.24, 2.45) is 0 Å². The van der Waals surface area contributed by atoms with Crippen LogP contribution in [-0.2, 0) is 6.18 Å². The second-order valence-corrected chi connectivity index (χ2v) is 4.38. The van der Waals surface area contributed by atoms with E-state index in [1.165, 1.54) is 16.5 Å². The van der Waals surface area contributed by atoms with E-state index in [-0.39, 0.29) is 11.4 Å². The van der Waals surface area contributed by atoms with Gasteiger partial charge in [-0.25, -0.2) is 0 Å². The summed E-state index contributed by atoms with van der Waals surface area (Å²) < 4.78 is 39.7. The second-order valence-electron chi connectivity index (χ2n) is 4.38. The Morgan fingerprint density at radius 3 is 2.62 bits per heavy atom. The summed E-state index contributed by atoms with van der Waals surface area (Å²) in [5, 5.41) is 7.74. The summed E-state index contributed by atoms with van der Waals surface area (Å²) in [7, 11) is 0. The van der Waals surface area contributed by atoms with Crippen LogP contribution in [0.25, 0.3) is 17.0 Å². The molecule has 0 atom stereocenters. The third kappa shape index (κ3) is 2.26. The quantitative estimate of drug-likeness (QED) is 0.681. The summed E-state index contributed by atoms with van der Waals surface area (Å²) in [6.07, 6.45) is -2.21. The minimum Gasteiger partial charge on any atom is -0.298 e. The first-order valence-corrected chi connectivity index (χ1v) is 5.97. The number of aromatic nitrogens is 3. The molecule has 1 aromatic carbocycles. The molecular formula is C14H8F3N3O. The Morgan fingerprint density at radius 1 is 1.10 bits per heavy atom. The largest absolute Gasteiger partial charge is 0.416 e. The predicted molar refractivity (Wildman–Crippen MR) is 68.8 cm³/mol. The molecule has 3 rings (SSSR count). The lowest BCUT2D eigenvalue weighted by molar-refractivity contribution is -0.137. The Labute approximate surface area is 116 Å². The zero-order valence-corrected chi connectivity index (χ0v) is 10.5. The lowest BCUT2D eigenvalue weighted by Crippen LogP contribution is -2.04. The van der Waals surface area contributed by atoms with Gasteiger partial charge in [-0.2, -0.15) is 13.2 Å². The van der Waals surface area contributed by atoms with E-state index in [2.05, 4.69) is 10.2 Å². The highest BCUT2D eigenvalue weighted by atomic mass is 19.4. The van der Waals surface area contributed by atoms with E-state index in [1.54, 1.807) is 18.3 Å². The highest BCUT2D eigenvalue weighted by Gasteiger charge is 2.30. The van der Waals surface area contributed by atoms with Crippen molar-refractivity contribution in [3.8, 4) is 11.4 Å². The Balaban J connectivity index is 2.20. The van der Waals surface area contributed by atoms with Crippen LogP contribution < -0.4 is 0 Å². The normalized spacial score (nSPS) is 11.8. The van der Waals surface area contributed by atoms with Gasteiger partial charge in [0.25, 0.3) is 0 Å². The van der Waals surface area contributed by atoms with Crippen molar-refractivity contribution in [3.05, 3.63) is 53.7 Å². The SMILES string of the molecule is O=Cc1cccn2c(-c3cccc(C(F)(F)F)c3)nnc12. The van der Waals surface area contributed by atoms with Gasteiger partial charge in [0.15, 0.2) is 17.8 Å². The van der Waals surface area contributed by atoms with Gasteiger partial charge in [-0.05, 0) is 24.3 Å². The average Bonchev–Trinajstić information content (AvgIpc) is 2.90. The number of halogens is 3. The van der Waals surface area contributed by atoms with E-state index in [1.807, 2.05) is 0 Å². The van der Waals surface area contributed by atoms with E-state index in [0.29, 0.717) is 17.5 Å². The zero-order chi connectivity index (χ0) is 15.0. The lowest BCUT2D eigenvalue weighted by atomic mass is 10.1. The van der Waals surface area contributed by atoms with Crippen LogP contribution in [0, 0.1) is 0 Å². The number of carbonyl (C=O) groups excluding carboxylic acids is 1. The number of fused-ring (bicyclic) bond motifs is 1. The van der Waals surface area contributed by atoms with Gasteiger partial charge in [-0.15, -0.1) is 10.2 Å². The van der Waals surface area contributed by atoms with Crippen molar-refractivity contribution < 1.29 is 18.0 Å². The average molecular weight is 291 g/mol. The highest BCUT2D eigenvalue weighted by Crippen LogP contribution is 2.31. The van der Waals surface area contributed by atoms with Crippen LogP contribution in [0.5, 0.6) is 0 Å². The van der Waals surface area contributed by atoms with Crippen molar-refractivity contribution in [3.63, 3.8) is 0 Å². The molecule has 0 aliphatic rings. The Hall–Kier alpha value is -2.70. The van der Waals surface area contributed by atoms with Crippen molar-refractivity contribution in [2.75, 3.05) is 0 Å². The van der Waals surface area contributed by atoms with Gasteiger partial charge in [-0.1, -0.05) is 12.1 Å². The van der Waals surface area contributed by atoms with Crippen LogP contribution in [-0.4, -0.2) is 20.9 Å². The molecule has 0 aliphatic carbocycles. The van der Waals surface area contributed by atoms with Crippen LogP contribution in [0.2, 0.25) is 0 Å². The van der Waals surface area contributed by atoms with E-state index < -0.39 is 11.7 Å². The van der Waals surface area contributed by atoms with Crippen LogP contribution in [0.4, 0.5) is 13.2 Å². The fraction of sp³-hybridized carbons (Fsp3) is 0.0714. The van der Waals surface area contributed by atoms with Crippen LogP contribution in [0.3, 0.4) is 0 Å². The number of alkyl halides is 3. The fourth-order valence-corrected chi connectivity index (χ4v) is 2.06. The molecule has 0 bridgehead atoms. The molecule has 0 unspecified atom stereocenters. The third-order valence-corrected chi connectivity index (χ3v) is 3.04. The van der Waals surface area contributed by atoms with Gasteiger partial charge in [0.1, 0.15) is 0 Å². The molecule has 2 aromatic heterocycles. The molecule has 0 aliphatic heterocycles. The smallest absolute Gasteiger partial charge is 0.298 e. The number of pyridine rings is 1. The maximum Gasteiger partial charge on any atom is 0.416 e. The van der Waals surface area contributed by atoms with Crippen LogP contribution in [0.1, 0.15) is 15.9 Å². The van der Waals surface area contributed by atoms with Gasteiger partial charge >= 0.3 is 6.18 Å². The summed E-state index contributed by atoms with van der Waals surface area (Å²) in [6.45, 7) is 0. The minimum atomic E-state index is -4.43. The molecule has 21 heavy (non-hydrogen) atoms. The number of aldehydes is 1. The monoisotopic (exact) mass is 291 g/mol. The van der Waals surface area contributed by atoms with Gasteiger partial charge in [0.2, 0.25) is 0 Å². The van der Waals surface area contributed by atoms with Gasteiger partial charge < -0.3 is 0 Å². The summed E-state index contributed by atoms with van der Waals surface area (Å²) in [6, 6.07) is 7.99. The number of nitrogens with zero attached hydrogens (tertiary/aromatic N) is 3. The van der Waals surface area contributed by atoms with Crippen LogP contribution in [0.15, 0.2) is 42.6 Å². The molecule has 3 aromatic rings. The lowest BCUT2D eigenvalue weighted by Gasteiger charge is -2.08. The topological polar surface area (TPSA) is 47.3 Å². The summed E-state index contributed by atoms with van der Waals surface area (Å²) in [4.78, 5) is 10.9. The molecule has 0 spiro atoms. The van der Waals surface area contributed by atoms with Crippen molar-refractivity contribution in [1.82, 2.24) is 14.6 Å². The Kier molecular flexibility index (Phi) is 2.97. The third-order valence-electron chi connectivity index (χ3n) is 3.04. The van der Waals surface area contributed by atoms with E-state index in [0.717, 1.165) is 12.1 Å². The zero-order valence-electron chi connectivity index (χ0n) is 10.5. The summed E-state index contributed by atoms with van der Waals surface area (Å²) in [5.74, 6) is 0.250. The van der Waals surface area contributed by atoms with Crippen molar-refractivity contribution in [2.45, 2.75) is 6.18 Å². The molecule has 0 N–H and O–H groups in total. The number of hydrogen-bond acceptors (Lipinski definition) is 3. The summed E-state index contributed by atoms with van der Waals surface area (Å²) in [5.41, 5.74) is 0.145. The standard InChI is InChI=1S/C14H8F3N3O/c15-14(16,17)11-5-1-3-9(7-11)12-18-19-13-10(8-21)4-2-6-20(12)13/h1-8H. The van der Waals surface area contributed by atoms with E-state index >= 15 is 0 Å². The predicted octanol–water partition coefficient (Wildman–Crippen LogP) is 3.23. The molecule has 0 amide bonds. The number of hydrogen-bond donors (Lipinski definition) is 0. The van der Waals surface area contributed by atoms with E-state index in [4.69, 9.17) is 0 Å². The van der Waals surface area contributed by atoms with Crippen molar-refractivity contribution in [1.29, 1.82) is 0 Å². The summed E-state index contributed by atoms with van der Waals surface area (Å²) >= 11 is 0. The molecule has 0 saturated carbocycles. The first kappa shape index (κ1) is 13.3. The molecular weight excluding hydrogens is 283 g/mol. The molecule has 0 saturated heterocycles. The molecule has 0 radical (unpaired) electrons. The van der Waals surface area contributed by atoms with Gasteiger partial charge in [-0.3, -0.25) is 9.20 Å².